The second-order valence-corrected chi connectivity index (χ2v) is 12.1. The van der Waals surface area contributed by atoms with Gasteiger partial charge in [-0.05, 0) is 49.5 Å². The van der Waals surface area contributed by atoms with Crippen molar-refractivity contribution in [2.45, 2.75) is 25.7 Å². The summed E-state index contributed by atoms with van der Waals surface area (Å²) >= 11 is 0. The van der Waals surface area contributed by atoms with Crippen molar-refractivity contribution in [3.05, 3.63) is 96.6 Å². The number of carbonyl (C=O) groups excluding carboxylic acids is 4. The van der Waals surface area contributed by atoms with Crippen LogP contribution in [0.15, 0.2) is 70.8 Å². The Morgan fingerprint density at radius 1 is 0.979 bits per heavy atom. The summed E-state index contributed by atoms with van der Waals surface area (Å²) in [6, 6.07) is 8.84. The van der Waals surface area contributed by atoms with Gasteiger partial charge in [-0.25, -0.2) is 4.90 Å². The van der Waals surface area contributed by atoms with Crippen molar-refractivity contribution in [3.8, 4) is 5.75 Å². The molecule has 4 aliphatic rings. The van der Waals surface area contributed by atoms with Gasteiger partial charge < -0.3 is 14.7 Å². The maximum Gasteiger partial charge on any atom is 0.301 e. The molecule has 1 heterocycles. The van der Waals surface area contributed by atoms with Crippen molar-refractivity contribution in [2.75, 3.05) is 37.1 Å². The lowest BCUT2D eigenvalue weighted by Gasteiger charge is -2.42. The number of rotatable bonds is 8. The molecule has 1 fully saturated rings. The molecule has 0 radical (unpaired) electrons. The molecule has 2 amide bonds. The first-order valence-electron chi connectivity index (χ1n) is 14.9. The average molecular weight is 643 g/mol. The Kier molecular flexibility index (Phi) is 7.83. The van der Waals surface area contributed by atoms with Gasteiger partial charge in [-0.3, -0.25) is 39.4 Å². The number of anilines is 2. The summed E-state index contributed by atoms with van der Waals surface area (Å²) in [6.07, 6.45) is 3.28. The molecule has 6 rings (SSSR count). The Hall–Kier alpha value is -5.50. The minimum absolute atomic E-state index is 0.0268. The smallest absolute Gasteiger partial charge is 0.301 e. The van der Waals surface area contributed by atoms with E-state index in [-0.39, 0.29) is 60.1 Å². The summed E-state index contributed by atoms with van der Waals surface area (Å²) in [5.41, 5.74) is 0.359. The van der Waals surface area contributed by atoms with Crippen molar-refractivity contribution < 1.29 is 38.9 Å². The van der Waals surface area contributed by atoms with Crippen LogP contribution in [0.25, 0.3) is 0 Å². The Morgan fingerprint density at radius 3 is 2.19 bits per heavy atom. The summed E-state index contributed by atoms with van der Waals surface area (Å²) in [5, 5.41) is 33.1. The van der Waals surface area contributed by atoms with Gasteiger partial charge in [-0.2, -0.15) is 0 Å². The number of ether oxygens (including phenoxy) is 1. The van der Waals surface area contributed by atoms with Crippen molar-refractivity contribution in [3.63, 3.8) is 0 Å². The number of aliphatic hydroxyl groups excluding tert-OH is 1. The molecule has 14 nitrogen and oxygen atoms in total. The molecule has 1 N–H and O–H groups in total. The topological polar surface area (TPSA) is 190 Å². The number of nitro benzene ring substituents is 2. The first-order chi connectivity index (χ1) is 22.3. The second-order valence-electron chi connectivity index (χ2n) is 12.1. The van der Waals surface area contributed by atoms with E-state index in [2.05, 4.69) is 0 Å². The number of hydrogen-bond acceptors (Lipinski definition) is 11. The van der Waals surface area contributed by atoms with Gasteiger partial charge >= 0.3 is 11.4 Å². The zero-order chi connectivity index (χ0) is 33.9. The Morgan fingerprint density at radius 2 is 1.62 bits per heavy atom. The number of amides is 2. The van der Waals surface area contributed by atoms with Crippen molar-refractivity contribution in [2.24, 2.45) is 17.8 Å². The fourth-order valence-corrected chi connectivity index (χ4v) is 7.39. The highest BCUT2D eigenvalue weighted by atomic mass is 16.6. The number of allylic oxidation sites excluding steroid dienone is 6. The molecule has 1 saturated heterocycles. The molecule has 0 aromatic heterocycles. The SMILES string of the molecule is CC1=CC(=O)C2=C(C[C@@H]3C(=CC[C@@H]4C(=O)N(c5cc([N+](=O)[O-])c(N(C)C)c([N+](=O)[O-])c5)C(=O)[C@@H]43)[C@@H]2c2ccc(OCCO)cc2)C1=O. The maximum absolute atomic E-state index is 14.3. The van der Waals surface area contributed by atoms with Crippen LogP contribution in [0.4, 0.5) is 22.7 Å². The Bertz CT molecular complexity index is 1840. The number of fused-ring (bicyclic) bond motifs is 3. The lowest BCUT2D eigenvalue weighted by atomic mass is 9.59. The summed E-state index contributed by atoms with van der Waals surface area (Å²) < 4.78 is 5.48. The standard InChI is InChI=1S/C33H30N4O10/c1-16-12-26(39)29-23(31(16)40)15-22-20(27(29)17-4-6-19(7-5-17)47-11-10-38)8-9-21-28(22)33(42)35(32(21)41)18-13-24(36(43)44)30(34(2)3)25(14-18)37(45)46/h4-8,12-14,21-22,27-28,38H,9-11,15H2,1-3H3/t21-,22+,27-,28-/m0/s1. The van der Waals surface area contributed by atoms with Gasteiger partial charge in [0.15, 0.2) is 17.3 Å². The van der Waals surface area contributed by atoms with Gasteiger partial charge in [0.25, 0.3) is 0 Å². The monoisotopic (exact) mass is 642 g/mol. The maximum atomic E-state index is 14.3. The van der Waals surface area contributed by atoms with Crippen LogP contribution in [-0.2, 0) is 19.2 Å². The number of nitrogens with zero attached hydrogens (tertiary/aromatic N) is 4. The predicted octanol–water partition coefficient (Wildman–Crippen LogP) is 3.57. The first kappa shape index (κ1) is 31.5. The normalized spacial score (nSPS) is 23.5. The number of benzene rings is 2. The number of hydrogen-bond donors (Lipinski definition) is 1. The third-order valence-corrected chi connectivity index (χ3v) is 9.29. The first-order valence-corrected chi connectivity index (χ1v) is 14.9. The van der Waals surface area contributed by atoms with E-state index in [1.807, 2.05) is 6.08 Å². The number of imide groups is 1. The molecule has 0 spiro atoms. The van der Waals surface area contributed by atoms with Crippen molar-refractivity contribution in [1.82, 2.24) is 0 Å². The van der Waals surface area contributed by atoms with Gasteiger partial charge in [0.05, 0.1) is 34.0 Å². The predicted molar refractivity (Wildman–Crippen MR) is 167 cm³/mol. The van der Waals surface area contributed by atoms with Crippen LogP contribution in [0.2, 0.25) is 0 Å². The summed E-state index contributed by atoms with van der Waals surface area (Å²) in [7, 11) is 2.82. The van der Waals surface area contributed by atoms with Crippen LogP contribution < -0.4 is 14.5 Å². The molecule has 1 aliphatic heterocycles. The average Bonchev–Trinajstić information content (AvgIpc) is 3.30. The second kappa shape index (κ2) is 11.7. The molecule has 4 atom stereocenters. The summed E-state index contributed by atoms with van der Waals surface area (Å²) in [6.45, 7) is 1.46. The fourth-order valence-electron chi connectivity index (χ4n) is 7.39. The molecule has 14 heteroatoms. The molecule has 0 unspecified atom stereocenters. The van der Waals surface area contributed by atoms with E-state index in [0.29, 0.717) is 22.5 Å². The van der Waals surface area contributed by atoms with E-state index in [1.54, 1.807) is 31.2 Å². The Balaban J connectivity index is 1.45. The highest BCUT2D eigenvalue weighted by Gasteiger charge is 2.57. The molecular weight excluding hydrogens is 612 g/mol. The Labute approximate surface area is 267 Å². The number of nitro groups is 2. The third kappa shape index (κ3) is 5.01. The molecule has 242 valence electrons. The van der Waals surface area contributed by atoms with Crippen LogP contribution in [0, 0.1) is 38.0 Å². The summed E-state index contributed by atoms with van der Waals surface area (Å²) in [5.74, 6) is -4.73. The summed E-state index contributed by atoms with van der Waals surface area (Å²) in [4.78, 5) is 79.5. The highest BCUT2D eigenvalue weighted by molar-refractivity contribution is 6.25. The van der Waals surface area contributed by atoms with Crippen LogP contribution >= 0.6 is 0 Å². The van der Waals surface area contributed by atoms with E-state index in [0.717, 1.165) is 17.0 Å². The largest absolute Gasteiger partial charge is 0.491 e. The number of ketones is 2. The van der Waals surface area contributed by atoms with Crippen LogP contribution in [0.1, 0.15) is 31.2 Å². The van der Waals surface area contributed by atoms with Gasteiger partial charge in [0, 0.05) is 48.9 Å². The minimum atomic E-state index is -0.980. The van der Waals surface area contributed by atoms with Gasteiger partial charge in [-0.15, -0.1) is 0 Å². The quantitative estimate of drug-likeness (QED) is 0.146. The number of aliphatic hydroxyl groups is 1. The highest BCUT2D eigenvalue weighted by Crippen LogP contribution is 2.56. The van der Waals surface area contributed by atoms with Crippen LogP contribution in [0.3, 0.4) is 0 Å². The fraction of sp³-hybridized carbons (Fsp3) is 0.333. The number of Topliss-reactive ketones (excluding diaryl/α,β-unsaturated/α-hetero) is 1. The lowest BCUT2D eigenvalue weighted by Crippen LogP contribution is -2.39. The van der Waals surface area contributed by atoms with Crippen molar-refractivity contribution in [1.29, 1.82) is 0 Å². The van der Waals surface area contributed by atoms with E-state index >= 15 is 0 Å². The number of carbonyl (C=O) groups is 4. The third-order valence-electron chi connectivity index (χ3n) is 9.29. The molecule has 47 heavy (non-hydrogen) atoms. The molecule has 3 aliphatic carbocycles. The zero-order valence-electron chi connectivity index (χ0n) is 25.7. The van der Waals surface area contributed by atoms with E-state index in [1.165, 1.54) is 25.1 Å². The minimum Gasteiger partial charge on any atom is -0.491 e. The van der Waals surface area contributed by atoms with E-state index in [9.17, 15) is 39.4 Å². The van der Waals surface area contributed by atoms with Gasteiger partial charge in [-0.1, -0.05) is 23.8 Å². The van der Waals surface area contributed by atoms with Crippen LogP contribution in [-0.4, -0.2) is 65.6 Å². The molecule has 0 saturated carbocycles. The van der Waals surface area contributed by atoms with E-state index < -0.39 is 56.7 Å². The van der Waals surface area contributed by atoms with Gasteiger partial charge in [0.2, 0.25) is 11.8 Å². The van der Waals surface area contributed by atoms with Crippen LogP contribution in [0.5, 0.6) is 5.75 Å². The van der Waals surface area contributed by atoms with E-state index in [4.69, 9.17) is 9.84 Å². The van der Waals surface area contributed by atoms with Gasteiger partial charge in [0.1, 0.15) is 12.4 Å². The zero-order valence-corrected chi connectivity index (χ0v) is 25.7. The lowest BCUT2D eigenvalue weighted by molar-refractivity contribution is -0.392. The molecule has 0 bridgehead atoms. The van der Waals surface area contributed by atoms with Crippen molar-refractivity contribution >= 4 is 46.1 Å². The molecule has 2 aromatic rings. The molecule has 2 aromatic carbocycles. The molecular formula is C33H30N4O10.